The van der Waals surface area contributed by atoms with Crippen molar-refractivity contribution in [1.82, 2.24) is 29.4 Å². The monoisotopic (exact) mass is 631 g/mol. The van der Waals surface area contributed by atoms with Gasteiger partial charge in [-0.1, -0.05) is 53.2 Å². The van der Waals surface area contributed by atoms with Gasteiger partial charge in [-0.2, -0.15) is 5.10 Å². The number of nitrogens with zero attached hydrogens (tertiary/aromatic N) is 6. The van der Waals surface area contributed by atoms with Crippen LogP contribution in [0.1, 0.15) is 24.0 Å². The number of aromatic nitrogens is 5. The fourth-order valence-corrected chi connectivity index (χ4v) is 5.61. The van der Waals surface area contributed by atoms with Gasteiger partial charge in [-0.05, 0) is 30.0 Å². The van der Waals surface area contributed by atoms with E-state index in [1.165, 1.54) is 17.2 Å². The van der Waals surface area contributed by atoms with Crippen LogP contribution in [0.15, 0.2) is 70.4 Å². The second kappa shape index (κ2) is 12.9. The van der Waals surface area contributed by atoms with E-state index in [2.05, 4.69) is 20.1 Å². The lowest BCUT2D eigenvalue weighted by Crippen LogP contribution is -2.47. The number of benzene rings is 2. The number of aliphatic hydroxyl groups is 1. The number of fused-ring (bicyclic) bond motifs is 1. The van der Waals surface area contributed by atoms with Crippen molar-refractivity contribution in [1.29, 1.82) is 0 Å². The Morgan fingerprint density at radius 2 is 1.76 bits per heavy atom. The van der Waals surface area contributed by atoms with Crippen molar-refractivity contribution in [2.75, 3.05) is 13.1 Å². The molecule has 0 unspecified atom stereocenters. The van der Waals surface area contributed by atoms with Gasteiger partial charge in [-0.3, -0.25) is 18.9 Å². The molecule has 13 heteroatoms. The highest BCUT2D eigenvalue weighted by molar-refractivity contribution is 6.31. The molecule has 0 radical (unpaired) electrons. The van der Waals surface area contributed by atoms with E-state index in [-0.39, 0.29) is 42.4 Å². The molecule has 0 bridgehead atoms. The number of hydrogen-bond donors (Lipinski definition) is 2. The normalized spacial score (nSPS) is 14.9. The molecule has 1 aliphatic rings. The maximum atomic E-state index is 13.4. The summed E-state index contributed by atoms with van der Waals surface area (Å²) in [5.74, 6) is 0. The standard InChI is InChI=1S/C29H30ClN7O3.2ClH/c1-35-27(20-4-2-19(15-31)3-5-20)25-26(33-35)28(38)37(18-32-25)17-29(39)9-11-36(12-10-29)16-22-7-6-21(14-23(22)30)24-8-13-40-34-24;;/h2-8,13-14,18,39H,9-12,15-17,31H2,1H3;2*1H. The Hall–Kier alpha value is -3.25. The Balaban J connectivity index is 0.00000202. The van der Waals surface area contributed by atoms with Crippen LogP contribution >= 0.6 is 36.4 Å². The van der Waals surface area contributed by atoms with Crippen molar-refractivity contribution in [2.24, 2.45) is 12.8 Å². The van der Waals surface area contributed by atoms with E-state index in [4.69, 9.17) is 21.9 Å². The zero-order valence-electron chi connectivity index (χ0n) is 22.9. The summed E-state index contributed by atoms with van der Waals surface area (Å²) >= 11 is 6.57. The van der Waals surface area contributed by atoms with Crippen molar-refractivity contribution in [3.63, 3.8) is 0 Å². The van der Waals surface area contributed by atoms with E-state index < -0.39 is 5.60 Å². The number of hydrogen-bond acceptors (Lipinski definition) is 8. The summed E-state index contributed by atoms with van der Waals surface area (Å²) in [6, 6.07) is 15.5. The van der Waals surface area contributed by atoms with E-state index in [1.807, 2.05) is 42.5 Å². The first-order valence-corrected chi connectivity index (χ1v) is 13.6. The number of aryl methyl sites for hydroxylation is 1. The van der Waals surface area contributed by atoms with Gasteiger partial charge in [0.1, 0.15) is 17.5 Å². The first-order chi connectivity index (χ1) is 19.3. The highest BCUT2D eigenvalue weighted by atomic mass is 35.5. The summed E-state index contributed by atoms with van der Waals surface area (Å²) in [5.41, 5.74) is 10.6. The summed E-state index contributed by atoms with van der Waals surface area (Å²) in [6.07, 6.45) is 4.09. The van der Waals surface area contributed by atoms with E-state index in [0.29, 0.717) is 49.6 Å². The molecule has 222 valence electrons. The first-order valence-electron chi connectivity index (χ1n) is 13.2. The van der Waals surface area contributed by atoms with Gasteiger partial charge < -0.3 is 15.4 Å². The third-order valence-corrected chi connectivity index (χ3v) is 8.06. The molecule has 1 fully saturated rings. The van der Waals surface area contributed by atoms with Crippen LogP contribution in [0.5, 0.6) is 0 Å². The molecule has 3 N–H and O–H groups in total. The summed E-state index contributed by atoms with van der Waals surface area (Å²) in [7, 11) is 1.80. The Labute approximate surface area is 259 Å². The Bertz CT molecular complexity index is 1710. The fourth-order valence-electron chi connectivity index (χ4n) is 5.37. The lowest BCUT2D eigenvalue weighted by Gasteiger charge is -2.38. The summed E-state index contributed by atoms with van der Waals surface area (Å²) < 4.78 is 8.08. The number of halogens is 3. The van der Waals surface area contributed by atoms with Crippen molar-refractivity contribution < 1.29 is 9.63 Å². The molecule has 10 nitrogen and oxygen atoms in total. The van der Waals surface area contributed by atoms with E-state index in [0.717, 1.165) is 33.6 Å². The summed E-state index contributed by atoms with van der Waals surface area (Å²) in [6.45, 7) is 2.64. The topological polar surface area (TPSA) is 128 Å². The molecule has 42 heavy (non-hydrogen) atoms. The minimum Gasteiger partial charge on any atom is -0.388 e. The third-order valence-electron chi connectivity index (χ3n) is 7.71. The Morgan fingerprint density at radius 3 is 2.40 bits per heavy atom. The van der Waals surface area contributed by atoms with Crippen molar-refractivity contribution in [2.45, 2.75) is 38.1 Å². The molecule has 4 heterocycles. The van der Waals surface area contributed by atoms with Crippen LogP contribution in [0.3, 0.4) is 0 Å². The second-order valence-electron chi connectivity index (χ2n) is 10.4. The minimum atomic E-state index is -1.02. The van der Waals surface area contributed by atoms with Crippen LogP contribution < -0.4 is 11.3 Å². The van der Waals surface area contributed by atoms with Crippen LogP contribution in [0.25, 0.3) is 33.5 Å². The van der Waals surface area contributed by atoms with Crippen LogP contribution in [0, 0.1) is 0 Å². The molecule has 0 amide bonds. The van der Waals surface area contributed by atoms with Gasteiger partial charge in [0, 0.05) is 55.4 Å². The van der Waals surface area contributed by atoms with Crippen LogP contribution in [0.4, 0.5) is 0 Å². The lowest BCUT2D eigenvalue weighted by molar-refractivity contribution is -0.0364. The molecule has 0 aliphatic carbocycles. The highest BCUT2D eigenvalue weighted by Gasteiger charge is 2.33. The molecule has 1 saturated heterocycles. The van der Waals surface area contributed by atoms with E-state index in [9.17, 15) is 9.90 Å². The molecule has 6 rings (SSSR count). The van der Waals surface area contributed by atoms with Crippen molar-refractivity contribution >= 4 is 47.4 Å². The number of rotatable bonds is 7. The van der Waals surface area contributed by atoms with Crippen LogP contribution in [0.2, 0.25) is 5.02 Å². The maximum absolute atomic E-state index is 13.4. The first kappa shape index (κ1) is 31.7. The van der Waals surface area contributed by atoms with Crippen molar-refractivity contribution in [3.05, 3.63) is 87.6 Å². The average molecular weight is 633 g/mol. The van der Waals surface area contributed by atoms with Gasteiger partial charge in [0.15, 0.2) is 5.52 Å². The lowest BCUT2D eigenvalue weighted by atomic mass is 9.91. The van der Waals surface area contributed by atoms with Crippen molar-refractivity contribution in [3.8, 4) is 22.5 Å². The fraction of sp³-hybridized carbons (Fsp3) is 0.310. The highest BCUT2D eigenvalue weighted by Crippen LogP contribution is 2.30. The average Bonchev–Trinajstić information content (AvgIpc) is 3.61. The van der Waals surface area contributed by atoms with E-state index >= 15 is 0 Å². The van der Waals surface area contributed by atoms with Gasteiger partial charge in [-0.25, -0.2) is 4.98 Å². The number of likely N-dealkylation sites (tertiary alicyclic amines) is 1. The van der Waals surface area contributed by atoms with Gasteiger partial charge in [0.25, 0.3) is 5.56 Å². The molecule has 0 atom stereocenters. The second-order valence-corrected chi connectivity index (χ2v) is 10.8. The molecular weight excluding hydrogens is 601 g/mol. The maximum Gasteiger partial charge on any atom is 0.281 e. The van der Waals surface area contributed by atoms with Gasteiger partial charge in [0.2, 0.25) is 0 Å². The smallest absolute Gasteiger partial charge is 0.281 e. The Morgan fingerprint density at radius 1 is 1.05 bits per heavy atom. The predicted octanol–water partition coefficient (Wildman–Crippen LogP) is 4.43. The minimum absolute atomic E-state index is 0. The number of nitrogens with two attached hydrogens (primary N) is 1. The zero-order chi connectivity index (χ0) is 27.9. The molecule has 0 spiro atoms. The molecule has 5 aromatic rings. The summed E-state index contributed by atoms with van der Waals surface area (Å²) in [5, 5.41) is 20.5. The molecule has 2 aromatic carbocycles. The zero-order valence-corrected chi connectivity index (χ0v) is 25.3. The SMILES string of the molecule is Cl.Cl.Cn1nc2c(=O)n(CC3(O)CCN(Cc4ccc(-c5ccon5)cc4Cl)CC3)cnc2c1-c1ccc(CN)cc1. The predicted molar refractivity (Wildman–Crippen MR) is 167 cm³/mol. The molecule has 0 saturated carbocycles. The van der Waals surface area contributed by atoms with Crippen LogP contribution in [-0.4, -0.2) is 53.2 Å². The quantitative estimate of drug-likeness (QED) is 0.270. The van der Waals surface area contributed by atoms with Gasteiger partial charge >= 0.3 is 0 Å². The summed E-state index contributed by atoms with van der Waals surface area (Å²) in [4.78, 5) is 20.2. The molecule has 3 aromatic heterocycles. The molecule has 1 aliphatic heterocycles. The van der Waals surface area contributed by atoms with E-state index in [1.54, 1.807) is 17.8 Å². The van der Waals surface area contributed by atoms with Gasteiger partial charge in [-0.15, -0.1) is 24.8 Å². The molecular formula is C29H32Cl3N7O3. The number of piperidine rings is 1. The van der Waals surface area contributed by atoms with Crippen LogP contribution in [-0.2, 0) is 26.7 Å². The Kier molecular flexibility index (Phi) is 9.77. The third kappa shape index (κ3) is 6.24. The van der Waals surface area contributed by atoms with Gasteiger partial charge in [0.05, 0.1) is 24.2 Å². The largest absolute Gasteiger partial charge is 0.388 e.